The molecule has 1 saturated heterocycles. The molecule has 0 aliphatic carbocycles. The van der Waals surface area contributed by atoms with E-state index in [2.05, 4.69) is 27.7 Å². The van der Waals surface area contributed by atoms with Crippen molar-refractivity contribution < 1.29 is 9.31 Å². The van der Waals surface area contributed by atoms with Gasteiger partial charge in [0.25, 0.3) is 0 Å². The molecule has 0 saturated carbocycles. The summed E-state index contributed by atoms with van der Waals surface area (Å²) in [5, 5.41) is 0. The van der Waals surface area contributed by atoms with Crippen molar-refractivity contribution in [1.82, 2.24) is 0 Å². The summed E-state index contributed by atoms with van der Waals surface area (Å²) in [6, 6.07) is 0. The predicted octanol–water partition coefficient (Wildman–Crippen LogP) is 2.10. The van der Waals surface area contributed by atoms with Crippen molar-refractivity contribution in [3.05, 3.63) is 0 Å². The quantitative estimate of drug-likeness (QED) is 0.541. The first kappa shape index (κ1) is 9.08. The summed E-state index contributed by atoms with van der Waals surface area (Å²) in [6.07, 6.45) is 0.996. The highest BCUT2D eigenvalue weighted by Gasteiger charge is 2.35. The van der Waals surface area contributed by atoms with Crippen molar-refractivity contribution in [3.8, 4) is 0 Å². The lowest BCUT2D eigenvalue weighted by molar-refractivity contribution is 0.00178. The molecule has 0 unspecified atom stereocenters. The van der Waals surface area contributed by atoms with E-state index in [4.69, 9.17) is 9.31 Å². The van der Waals surface area contributed by atoms with Crippen LogP contribution in [0.2, 0.25) is 5.82 Å². The average Bonchev–Trinajstić information content (AvgIpc) is 1.85. The fourth-order valence-electron chi connectivity index (χ4n) is 1.16. The minimum atomic E-state index is -0.00116. The van der Waals surface area contributed by atoms with E-state index in [1.807, 2.05) is 0 Å². The Labute approximate surface area is 69.4 Å². The first-order valence-electron chi connectivity index (χ1n) is 4.31. The van der Waals surface area contributed by atoms with Gasteiger partial charge in [-0.15, -0.1) is 0 Å². The van der Waals surface area contributed by atoms with Gasteiger partial charge < -0.3 is 9.31 Å². The highest BCUT2D eigenvalue weighted by atomic mass is 16.6. The van der Waals surface area contributed by atoms with Crippen LogP contribution in [0.4, 0.5) is 0 Å². The molecule has 0 radical (unpaired) electrons. The molecule has 0 spiro atoms. The van der Waals surface area contributed by atoms with Crippen LogP contribution in [0, 0.1) is 0 Å². The third-order valence-corrected chi connectivity index (χ3v) is 1.97. The van der Waals surface area contributed by atoms with Crippen LogP contribution in [0.3, 0.4) is 0 Å². The van der Waals surface area contributed by atoms with E-state index in [9.17, 15) is 0 Å². The van der Waals surface area contributed by atoms with Crippen molar-refractivity contribution in [2.24, 2.45) is 0 Å². The molecule has 0 aromatic carbocycles. The molecule has 11 heavy (non-hydrogen) atoms. The topological polar surface area (TPSA) is 18.5 Å². The molecule has 0 N–H and O–H groups in total. The van der Waals surface area contributed by atoms with Gasteiger partial charge in [-0.1, -0.05) is 13.8 Å². The van der Waals surface area contributed by atoms with Crippen LogP contribution in [-0.2, 0) is 9.31 Å². The molecule has 1 aliphatic rings. The zero-order valence-corrected chi connectivity index (χ0v) is 7.89. The van der Waals surface area contributed by atoms with E-state index in [0.29, 0.717) is 5.82 Å². The molecule has 1 heterocycles. The molecule has 0 aromatic heterocycles. The lowest BCUT2D eigenvalue weighted by Gasteiger charge is -2.35. The molecular weight excluding hydrogens is 139 g/mol. The zero-order valence-electron chi connectivity index (χ0n) is 7.89. The SMILES string of the molecule is CC(C)B1OCCC(C)(C)O1. The normalized spacial score (nSPS) is 24.3. The lowest BCUT2D eigenvalue weighted by Crippen LogP contribution is -2.43. The zero-order chi connectivity index (χ0) is 8.48. The van der Waals surface area contributed by atoms with E-state index >= 15 is 0 Å². The third kappa shape index (κ3) is 2.49. The Bertz CT molecular complexity index is 134. The van der Waals surface area contributed by atoms with Gasteiger partial charge in [0.2, 0.25) is 0 Å². The minimum Gasteiger partial charge on any atom is -0.411 e. The van der Waals surface area contributed by atoms with E-state index in [0.717, 1.165) is 13.0 Å². The van der Waals surface area contributed by atoms with Crippen LogP contribution >= 0.6 is 0 Å². The Morgan fingerprint density at radius 3 is 2.36 bits per heavy atom. The van der Waals surface area contributed by atoms with Crippen LogP contribution in [0.5, 0.6) is 0 Å². The van der Waals surface area contributed by atoms with Crippen molar-refractivity contribution in [2.75, 3.05) is 6.61 Å². The molecular formula is C8H17BO2. The van der Waals surface area contributed by atoms with Gasteiger partial charge in [0.15, 0.2) is 0 Å². The van der Waals surface area contributed by atoms with E-state index < -0.39 is 0 Å². The van der Waals surface area contributed by atoms with Crippen molar-refractivity contribution >= 4 is 7.12 Å². The van der Waals surface area contributed by atoms with E-state index in [1.54, 1.807) is 0 Å². The van der Waals surface area contributed by atoms with Crippen molar-refractivity contribution in [3.63, 3.8) is 0 Å². The highest BCUT2D eigenvalue weighted by molar-refractivity contribution is 6.46. The monoisotopic (exact) mass is 156 g/mol. The predicted molar refractivity (Wildman–Crippen MR) is 46.6 cm³/mol. The summed E-state index contributed by atoms with van der Waals surface area (Å²) < 4.78 is 11.2. The first-order chi connectivity index (χ1) is 5.01. The summed E-state index contributed by atoms with van der Waals surface area (Å²) in [6.45, 7) is 9.30. The number of rotatable bonds is 1. The maximum absolute atomic E-state index is 5.71. The molecule has 0 bridgehead atoms. The van der Waals surface area contributed by atoms with Crippen molar-refractivity contribution in [2.45, 2.75) is 45.5 Å². The van der Waals surface area contributed by atoms with E-state index in [-0.39, 0.29) is 12.7 Å². The molecule has 1 rings (SSSR count). The van der Waals surface area contributed by atoms with Crippen LogP contribution in [0.1, 0.15) is 34.1 Å². The minimum absolute atomic E-state index is 0.00116. The molecule has 3 heteroatoms. The Morgan fingerprint density at radius 2 is 2.00 bits per heavy atom. The van der Waals surface area contributed by atoms with Gasteiger partial charge in [0.1, 0.15) is 0 Å². The van der Waals surface area contributed by atoms with Gasteiger partial charge in [-0.05, 0) is 26.1 Å². The maximum Gasteiger partial charge on any atom is 0.460 e. The van der Waals surface area contributed by atoms with Crippen LogP contribution in [0.25, 0.3) is 0 Å². The highest BCUT2D eigenvalue weighted by Crippen LogP contribution is 2.25. The van der Waals surface area contributed by atoms with Crippen LogP contribution < -0.4 is 0 Å². The summed E-state index contributed by atoms with van der Waals surface area (Å²) in [5.41, 5.74) is 0.00713. The smallest absolute Gasteiger partial charge is 0.411 e. The Hall–Kier alpha value is -0.0151. The largest absolute Gasteiger partial charge is 0.460 e. The Morgan fingerprint density at radius 1 is 1.36 bits per heavy atom. The summed E-state index contributed by atoms with van der Waals surface area (Å²) in [7, 11) is -0.00116. The number of hydrogen-bond donors (Lipinski definition) is 0. The molecule has 2 nitrogen and oxygen atoms in total. The van der Waals surface area contributed by atoms with E-state index in [1.165, 1.54) is 0 Å². The second-order valence-electron chi connectivity index (χ2n) is 4.11. The molecule has 1 fully saturated rings. The third-order valence-electron chi connectivity index (χ3n) is 1.97. The summed E-state index contributed by atoms with van der Waals surface area (Å²) >= 11 is 0. The van der Waals surface area contributed by atoms with Gasteiger partial charge in [-0.3, -0.25) is 0 Å². The van der Waals surface area contributed by atoms with Gasteiger partial charge in [0.05, 0.1) is 5.60 Å². The maximum atomic E-state index is 5.71. The standard InChI is InChI=1S/C8H17BO2/c1-7(2)9-10-6-5-8(3,4)11-9/h7H,5-6H2,1-4H3. The van der Waals surface area contributed by atoms with Gasteiger partial charge >= 0.3 is 7.12 Å². The fourth-order valence-corrected chi connectivity index (χ4v) is 1.16. The molecule has 1 aliphatic heterocycles. The molecule has 0 atom stereocenters. The van der Waals surface area contributed by atoms with Crippen molar-refractivity contribution in [1.29, 1.82) is 0 Å². The Kier molecular flexibility index (Phi) is 2.60. The van der Waals surface area contributed by atoms with Crippen LogP contribution in [-0.4, -0.2) is 19.3 Å². The summed E-state index contributed by atoms with van der Waals surface area (Å²) in [5.74, 6) is 0.453. The average molecular weight is 156 g/mol. The molecule has 0 amide bonds. The number of hydrogen-bond acceptors (Lipinski definition) is 2. The second kappa shape index (κ2) is 3.15. The summed E-state index contributed by atoms with van der Waals surface area (Å²) in [4.78, 5) is 0. The first-order valence-corrected chi connectivity index (χ1v) is 4.31. The van der Waals surface area contributed by atoms with Crippen LogP contribution in [0.15, 0.2) is 0 Å². The fraction of sp³-hybridized carbons (Fsp3) is 1.00. The molecule has 64 valence electrons. The lowest BCUT2D eigenvalue weighted by atomic mass is 9.72. The molecule has 0 aromatic rings. The Balaban J connectivity index is 2.46. The van der Waals surface area contributed by atoms with Gasteiger partial charge in [-0.25, -0.2) is 0 Å². The second-order valence-corrected chi connectivity index (χ2v) is 4.11. The van der Waals surface area contributed by atoms with Gasteiger partial charge in [-0.2, -0.15) is 0 Å². The van der Waals surface area contributed by atoms with Gasteiger partial charge in [0, 0.05) is 6.61 Å².